The first-order valence-corrected chi connectivity index (χ1v) is 7.82. The van der Waals surface area contributed by atoms with Gasteiger partial charge in [0.2, 0.25) is 11.8 Å². The summed E-state index contributed by atoms with van der Waals surface area (Å²) in [4.78, 5) is 27.6. The summed E-state index contributed by atoms with van der Waals surface area (Å²) in [6, 6.07) is 0. The number of allylic oxidation sites excluding steroid dienone is 1. The zero-order valence-corrected chi connectivity index (χ0v) is 12.9. The number of nitrogens with zero attached hydrogens (tertiary/aromatic N) is 1. The second kappa shape index (κ2) is 5.58. The number of carbonyl (C=O) groups excluding carboxylic acids is 2. The van der Waals surface area contributed by atoms with E-state index in [2.05, 4.69) is 5.32 Å². The second-order valence-corrected chi connectivity index (χ2v) is 5.97. The number of amides is 2. The molecule has 20 heavy (non-hydrogen) atoms. The van der Waals surface area contributed by atoms with E-state index in [4.69, 9.17) is 0 Å². The molecule has 4 nitrogen and oxygen atoms in total. The summed E-state index contributed by atoms with van der Waals surface area (Å²) < 4.78 is 0. The SMILES string of the molecule is C/C=C/CN1C(=O)C(CC)(CC)NC(=O)C12CCCC2. The van der Waals surface area contributed by atoms with Crippen molar-refractivity contribution in [2.75, 3.05) is 6.54 Å². The molecule has 112 valence electrons. The molecule has 0 aromatic carbocycles. The maximum absolute atomic E-state index is 13.0. The highest BCUT2D eigenvalue weighted by Crippen LogP contribution is 2.41. The zero-order chi connectivity index (χ0) is 14.8. The van der Waals surface area contributed by atoms with Crippen LogP contribution in [0.2, 0.25) is 0 Å². The molecule has 0 aromatic heterocycles. The van der Waals surface area contributed by atoms with Crippen LogP contribution in [0.25, 0.3) is 0 Å². The largest absolute Gasteiger partial charge is 0.340 e. The third kappa shape index (κ3) is 2.05. The van der Waals surface area contributed by atoms with Gasteiger partial charge in [-0.05, 0) is 32.6 Å². The number of piperazine rings is 1. The maximum Gasteiger partial charge on any atom is 0.249 e. The number of hydrogen-bond acceptors (Lipinski definition) is 2. The van der Waals surface area contributed by atoms with Gasteiger partial charge in [0.15, 0.2) is 0 Å². The lowest BCUT2D eigenvalue weighted by Gasteiger charge is -2.51. The second-order valence-electron chi connectivity index (χ2n) is 5.97. The van der Waals surface area contributed by atoms with E-state index in [1.165, 1.54) is 0 Å². The summed E-state index contributed by atoms with van der Waals surface area (Å²) in [6.07, 6.45) is 8.87. The molecule has 2 amide bonds. The third-order valence-electron chi connectivity index (χ3n) is 5.11. The van der Waals surface area contributed by atoms with Gasteiger partial charge < -0.3 is 10.2 Å². The minimum Gasteiger partial charge on any atom is -0.340 e. The van der Waals surface area contributed by atoms with Crippen molar-refractivity contribution >= 4 is 11.8 Å². The van der Waals surface area contributed by atoms with Gasteiger partial charge >= 0.3 is 0 Å². The molecule has 1 heterocycles. The lowest BCUT2D eigenvalue weighted by atomic mass is 9.81. The number of carbonyl (C=O) groups is 2. The average Bonchev–Trinajstić information content (AvgIpc) is 2.94. The molecule has 0 bridgehead atoms. The Labute approximate surface area is 121 Å². The molecule has 1 spiro atoms. The van der Waals surface area contributed by atoms with Gasteiger partial charge in [0.25, 0.3) is 0 Å². The smallest absolute Gasteiger partial charge is 0.249 e. The lowest BCUT2D eigenvalue weighted by Crippen LogP contribution is -2.74. The topological polar surface area (TPSA) is 49.4 Å². The molecule has 1 N–H and O–H groups in total. The first-order valence-electron chi connectivity index (χ1n) is 7.82. The van der Waals surface area contributed by atoms with Crippen molar-refractivity contribution in [2.24, 2.45) is 0 Å². The monoisotopic (exact) mass is 278 g/mol. The van der Waals surface area contributed by atoms with Crippen LogP contribution >= 0.6 is 0 Å². The van der Waals surface area contributed by atoms with Gasteiger partial charge in [-0.15, -0.1) is 0 Å². The Morgan fingerprint density at radius 2 is 1.80 bits per heavy atom. The van der Waals surface area contributed by atoms with Crippen LogP contribution in [0.15, 0.2) is 12.2 Å². The van der Waals surface area contributed by atoms with E-state index in [-0.39, 0.29) is 11.8 Å². The molecule has 0 aromatic rings. The summed E-state index contributed by atoms with van der Waals surface area (Å²) >= 11 is 0. The van der Waals surface area contributed by atoms with Crippen molar-refractivity contribution in [3.05, 3.63) is 12.2 Å². The van der Waals surface area contributed by atoms with Gasteiger partial charge in [-0.2, -0.15) is 0 Å². The Morgan fingerprint density at radius 3 is 2.30 bits per heavy atom. The van der Waals surface area contributed by atoms with Gasteiger partial charge in [-0.1, -0.05) is 38.8 Å². The van der Waals surface area contributed by atoms with Crippen LogP contribution in [0.1, 0.15) is 59.3 Å². The van der Waals surface area contributed by atoms with Gasteiger partial charge in [-0.25, -0.2) is 0 Å². The Kier molecular flexibility index (Phi) is 4.21. The molecule has 1 saturated carbocycles. The molecule has 4 heteroatoms. The van der Waals surface area contributed by atoms with E-state index in [1.54, 1.807) is 0 Å². The van der Waals surface area contributed by atoms with Crippen LogP contribution in [0, 0.1) is 0 Å². The Hall–Kier alpha value is -1.32. The van der Waals surface area contributed by atoms with Crippen LogP contribution in [0.5, 0.6) is 0 Å². The Bertz CT molecular complexity index is 418. The van der Waals surface area contributed by atoms with Gasteiger partial charge in [0.05, 0.1) is 0 Å². The fourth-order valence-corrected chi connectivity index (χ4v) is 3.62. The molecule has 1 aliphatic heterocycles. The minimum absolute atomic E-state index is 0.0582. The Balaban J connectivity index is 2.41. The van der Waals surface area contributed by atoms with Crippen molar-refractivity contribution in [3.8, 4) is 0 Å². The van der Waals surface area contributed by atoms with Crippen LogP contribution in [0.3, 0.4) is 0 Å². The maximum atomic E-state index is 13.0. The highest BCUT2D eigenvalue weighted by Gasteiger charge is 2.57. The number of nitrogens with one attached hydrogen (secondary N) is 1. The van der Waals surface area contributed by atoms with E-state index in [9.17, 15) is 9.59 Å². The quantitative estimate of drug-likeness (QED) is 0.803. The molecule has 2 fully saturated rings. The molecule has 2 aliphatic rings. The minimum atomic E-state index is -0.702. The van der Waals surface area contributed by atoms with Crippen LogP contribution in [-0.2, 0) is 9.59 Å². The average molecular weight is 278 g/mol. The van der Waals surface area contributed by atoms with E-state index in [0.29, 0.717) is 19.4 Å². The Morgan fingerprint density at radius 1 is 1.20 bits per heavy atom. The normalized spacial score (nSPS) is 24.6. The number of hydrogen-bond donors (Lipinski definition) is 1. The van der Waals surface area contributed by atoms with Crippen LogP contribution in [0.4, 0.5) is 0 Å². The molecule has 1 aliphatic carbocycles. The summed E-state index contributed by atoms with van der Waals surface area (Å²) in [5.41, 5.74) is -1.29. The fourth-order valence-electron chi connectivity index (χ4n) is 3.62. The van der Waals surface area contributed by atoms with Crippen molar-refractivity contribution < 1.29 is 9.59 Å². The zero-order valence-electron chi connectivity index (χ0n) is 12.9. The van der Waals surface area contributed by atoms with E-state index in [1.807, 2.05) is 37.8 Å². The van der Waals surface area contributed by atoms with Crippen molar-refractivity contribution in [1.82, 2.24) is 10.2 Å². The predicted octanol–water partition coefficient (Wildman–Crippen LogP) is 2.39. The molecular formula is C16H26N2O2. The van der Waals surface area contributed by atoms with Crippen molar-refractivity contribution in [2.45, 2.75) is 70.4 Å². The molecular weight excluding hydrogens is 252 g/mol. The molecule has 1 saturated heterocycles. The first-order chi connectivity index (χ1) is 9.56. The predicted molar refractivity (Wildman–Crippen MR) is 79.2 cm³/mol. The van der Waals surface area contributed by atoms with Gasteiger partial charge in [0.1, 0.15) is 11.1 Å². The highest BCUT2D eigenvalue weighted by molar-refractivity contribution is 6.02. The summed E-state index contributed by atoms with van der Waals surface area (Å²) in [6.45, 7) is 6.44. The third-order valence-corrected chi connectivity index (χ3v) is 5.11. The van der Waals surface area contributed by atoms with Crippen molar-refractivity contribution in [3.63, 3.8) is 0 Å². The molecule has 0 unspecified atom stereocenters. The highest BCUT2D eigenvalue weighted by atomic mass is 16.2. The van der Waals surface area contributed by atoms with E-state index >= 15 is 0 Å². The van der Waals surface area contributed by atoms with Crippen molar-refractivity contribution in [1.29, 1.82) is 0 Å². The summed E-state index contributed by atoms with van der Waals surface area (Å²) in [7, 11) is 0. The summed E-state index contributed by atoms with van der Waals surface area (Å²) in [5.74, 6) is 0.157. The standard InChI is InChI=1S/C16H26N2O2/c1-4-7-12-18-14(20)15(5-2,6-3)17-13(19)16(18)10-8-9-11-16/h4,7H,5-6,8-12H2,1-3H3,(H,17,19)/b7-4+. The van der Waals surface area contributed by atoms with Crippen LogP contribution in [-0.4, -0.2) is 34.3 Å². The summed E-state index contributed by atoms with van der Waals surface area (Å²) in [5, 5.41) is 3.06. The van der Waals surface area contributed by atoms with E-state index < -0.39 is 11.1 Å². The van der Waals surface area contributed by atoms with Crippen LogP contribution < -0.4 is 5.32 Å². The van der Waals surface area contributed by atoms with Gasteiger partial charge in [0, 0.05) is 6.54 Å². The first kappa shape index (κ1) is 15.1. The number of rotatable bonds is 4. The molecule has 0 radical (unpaired) electrons. The van der Waals surface area contributed by atoms with Gasteiger partial charge in [-0.3, -0.25) is 9.59 Å². The lowest BCUT2D eigenvalue weighted by molar-refractivity contribution is -0.162. The van der Waals surface area contributed by atoms with E-state index in [0.717, 1.165) is 25.7 Å². The fraction of sp³-hybridized carbons (Fsp3) is 0.750. The molecule has 2 rings (SSSR count). The molecule has 0 atom stereocenters.